The highest BCUT2D eigenvalue weighted by atomic mass is 32.2. The van der Waals surface area contributed by atoms with Gasteiger partial charge in [0.15, 0.2) is 0 Å². The number of carbonyl (C=O) groups is 1. The lowest BCUT2D eigenvalue weighted by atomic mass is 10.1. The van der Waals surface area contributed by atoms with Crippen molar-refractivity contribution in [1.29, 1.82) is 0 Å². The van der Waals surface area contributed by atoms with Gasteiger partial charge in [-0.05, 0) is 41.5 Å². The second-order valence-electron chi connectivity index (χ2n) is 5.66. The average Bonchev–Trinajstić information content (AvgIpc) is 2.50. The Balaban J connectivity index is 3.42. The van der Waals surface area contributed by atoms with Crippen molar-refractivity contribution in [3.63, 3.8) is 0 Å². The van der Waals surface area contributed by atoms with Crippen molar-refractivity contribution in [3.8, 4) is 0 Å². The zero-order chi connectivity index (χ0) is 15.7. The summed E-state index contributed by atoms with van der Waals surface area (Å²) in [7, 11) is -3.80. The van der Waals surface area contributed by atoms with Crippen LogP contribution in [0.15, 0.2) is 4.90 Å². The van der Waals surface area contributed by atoms with Crippen LogP contribution in [0, 0.1) is 13.8 Å². The summed E-state index contributed by atoms with van der Waals surface area (Å²) in [5.41, 5.74) is 0.334. The van der Waals surface area contributed by atoms with Crippen LogP contribution in [0.5, 0.6) is 0 Å². The highest BCUT2D eigenvalue weighted by Gasteiger charge is 2.32. The monoisotopic (exact) mass is 302 g/mol. The van der Waals surface area contributed by atoms with Crippen molar-refractivity contribution < 1.29 is 17.9 Å². The van der Waals surface area contributed by atoms with E-state index >= 15 is 0 Å². The summed E-state index contributed by atoms with van der Waals surface area (Å²) >= 11 is 0. The molecule has 1 rings (SSSR count). The predicted molar refractivity (Wildman–Crippen MR) is 76.3 cm³/mol. The van der Waals surface area contributed by atoms with Gasteiger partial charge in [0, 0.05) is 16.9 Å². The smallest absolute Gasteiger partial charge is 0.341 e. The van der Waals surface area contributed by atoms with E-state index in [2.05, 4.69) is 9.71 Å². The highest BCUT2D eigenvalue weighted by molar-refractivity contribution is 7.89. The Morgan fingerprint density at radius 3 is 2.25 bits per heavy atom. The molecule has 0 aliphatic rings. The van der Waals surface area contributed by atoms with E-state index < -0.39 is 21.5 Å². The molecule has 2 N–H and O–H groups in total. The Morgan fingerprint density at radius 2 is 1.80 bits per heavy atom. The van der Waals surface area contributed by atoms with Crippen LogP contribution < -0.4 is 4.72 Å². The van der Waals surface area contributed by atoms with Crippen LogP contribution in [0.2, 0.25) is 0 Å². The Morgan fingerprint density at radius 1 is 1.25 bits per heavy atom. The Hall–Kier alpha value is -1.34. The number of ether oxygens (including phenoxy) is 1. The first-order chi connectivity index (χ1) is 8.99. The maximum absolute atomic E-state index is 12.5. The molecule has 0 aliphatic carbocycles. The lowest BCUT2D eigenvalue weighted by molar-refractivity contribution is 0.0521. The molecule has 1 aromatic rings. The summed E-state index contributed by atoms with van der Waals surface area (Å²) in [6, 6.07) is 0. The molecule has 1 aromatic heterocycles. The minimum atomic E-state index is -3.80. The molecule has 114 valence electrons. The lowest BCUT2D eigenvalue weighted by Crippen LogP contribution is -2.41. The lowest BCUT2D eigenvalue weighted by Gasteiger charge is -2.20. The highest BCUT2D eigenvalue weighted by Crippen LogP contribution is 2.25. The van der Waals surface area contributed by atoms with E-state index in [0.717, 1.165) is 0 Å². The number of hydrogen-bond acceptors (Lipinski definition) is 4. The quantitative estimate of drug-likeness (QED) is 0.831. The van der Waals surface area contributed by atoms with Crippen LogP contribution in [-0.4, -0.2) is 31.5 Å². The molecule has 0 spiro atoms. The second kappa shape index (κ2) is 5.57. The van der Waals surface area contributed by atoms with Gasteiger partial charge < -0.3 is 9.72 Å². The van der Waals surface area contributed by atoms with Crippen molar-refractivity contribution in [1.82, 2.24) is 9.71 Å². The third-order valence-electron chi connectivity index (χ3n) is 2.51. The van der Waals surface area contributed by atoms with Crippen LogP contribution in [-0.2, 0) is 14.8 Å². The van der Waals surface area contributed by atoms with Gasteiger partial charge in [0.05, 0.1) is 6.61 Å². The Kier molecular flexibility index (Phi) is 4.66. The number of aromatic nitrogens is 1. The van der Waals surface area contributed by atoms with E-state index in [1.165, 1.54) is 0 Å². The third kappa shape index (κ3) is 3.61. The predicted octanol–water partition coefficient (Wildman–Crippen LogP) is 1.89. The number of sulfonamides is 1. The van der Waals surface area contributed by atoms with E-state index in [0.29, 0.717) is 11.4 Å². The zero-order valence-corrected chi connectivity index (χ0v) is 13.6. The number of rotatable bonds is 4. The first kappa shape index (κ1) is 16.7. The minimum absolute atomic E-state index is 0.0385. The molecule has 0 bridgehead atoms. The summed E-state index contributed by atoms with van der Waals surface area (Å²) in [5, 5.41) is 0. The molecule has 0 fully saturated rings. The summed E-state index contributed by atoms with van der Waals surface area (Å²) in [5.74, 6) is -0.636. The van der Waals surface area contributed by atoms with Crippen molar-refractivity contribution in [2.75, 3.05) is 6.61 Å². The number of esters is 1. The maximum atomic E-state index is 12.5. The second-order valence-corrected chi connectivity index (χ2v) is 7.27. The molecule has 7 heteroatoms. The van der Waals surface area contributed by atoms with E-state index in [1.807, 2.05) is 0 Å². The summed E-state index contributed by atoms with van der Waals surface area (Å²) in [4.78, 5) is 14.8. The van der Waals surface area contributed by atoms with Crippen molar-refractivity contribution in [2.24, 2.45) is 0 Å². The number of nitrogens with one attached hydrogen (secondary N) is 2. The van der Waals surface area contributed by atoms with Gasteiger partial charge in [-0.25, -0.2) is 17.9 Å². The van der Waals surface area contributed by atoms with E-state index in [1.54, 1.807) is 41.5 Å². The number of H-pyrrole nitrogens is 1. The van der Waals surface area contributed by atoms with Gasteiger partial charge >= 0.3 is 5.97 Å². The van der Waals surface area contributed by atoms with Gasteiger partial charge in [-0.1, -0.05) is 0 Å². The molecule has 0 aromatic carbocycles. The topological polar surface area (TPSA) is 88.3 Å². The SMILES string of the molecule is CCOC(=O)c1c(C)[nH]c(C)c1S(=O)(=O)NC(C)(C)C. The number of hydrogen-bond donors (Lipinski definition) is 2. The molecule has 0 aliphatic heterocycles. The molecule has 20 heavy (non-hydrogen) atoms. The number of aryl methyl sites for hydroxylation is 2. The van der Waals surface area contributed by atoms with Gasteiger partial charge in [0.1, 0.15) is 10.5 Å². The molecule has 0 atom stereocenters. The summed E-state index contributed by atoms with van der Waals surface area (Å²) < 4.78 is 32.4. The third-order valence-corrected chi connectivity index (χ3v) is 4.44. The molecular weight excluding hydrogens is 280 g/mol. The maximum Gasteiger partial charge on any atom is 0.341 e. The minimum Gasteiger partial charge on any atom is -0.462 e. The fraction of sp³-hybridized carbons (Fsp3) is 0.615. The molecule has 6 nitrogen and oxygen atoms in total. The van der Waals surface area contributed by atoms with Gasteiger partial charge in [-0.3, -0.25) is 0 Å². The van der Waals surface area contributed by atoms with Crippen LogP contribution in [0.4, 0.5) is 0 Å². The van der Waals surface area contributed by atoms with E-state index in [9.17, 15) is 13.2 Å². The molecular formula is C13H22N2O4S. The van der Waals surface area contributed by atoms with Gasteiger partial charge in [-0.15, -0.1) is 0 Å². The van der Waals surface area contributed by atoms with Crippen molar-refractivity contribution in [3.05, 3.63) is 17.0 Å². The fourth-order valence-electron chi connectivity index (χ4n) is 2.00. The van der Waals surface area contributed by atoms with Crippen LogP contribution >= 0.6 is 0 Å². The normalized spacial score (nSPS) is 12.5. The van der Waals surface area contributed by atoms with Crippen LogP contribution in [0.25, 0.3) is 0 Å². The number of aromatic amines is 1. The van der Waals surface area contributed by atoms with E-state index in [4.69, 9.17) is 4.74 Å². The van der Waals surface area contributed by atoms with Gasteiger partial charge in [0.25, 0.3) is 0 Å². The van der Waals surface area contributed by atoms with Crippen LogP contribution in [0.1, 0.15) is 49.4 Å². The largest absolute Gasteiger partial charge is 0.462 e. The summed E-state index contributed by atoms with van der Waals surface area (Å²) in [6.07, 6.45) is 0. The summed E-state index contributed by atoms with van der Waals surface area (Å²) in [6.45, 7) is 10.3. The first-order valence-corrected chi connectivity index (χ1v) is 7.88. The Labute approximate surface area is 120 Å². The molecule has 1 heterocycles. The molecule has 0 saturated heterocycles. The van der Waals surface area contributed by atoms with Crippen LogP contribution in [0.3, 0.4) is 0 Å². The Bertz CT molecular complexity index is 609. The molecule has 0 saturated carbocycles. The van der Waals surface area contributed by atoms with Gasteiger partial charge in [0.2, 0.25) is 10.0 Å². The molecule has 0 unspecified atom stereocenters. The zero-order valence-electron chi connectivity index (χ0n) is 12.7. The number of carbonyl (C=O) groups excluding carboxylic acids is 1. The van der Waals surface area contributed by atoms with Crippen molar-refractivity contribution >= 4 is 16.0 Å². The fourth-order valence-corrected chi connectivity index (χ4v) is 3.86. The van der Waals surface area contributed by atoms with Gasteiger partial charge in [-0.2, -0.15) is 0 Å². The standard InChI is InChI=1S/C13H22N2O4S/c1-7-19-12(16)10-8(2)14-9(3)11(10)20(17,18)15-13(4,5)6/h14-15H,7H2,1-6H3. The average molecular weight is 302 g/mol. The van der Waals surface area contributed by atoms with Crippen molar-refractivity contribution in [2.45, 2.75) is 52.0 Å². The first-order valence-electron chi connectivity index (χ1n) is 6.40. The molecule has 0 amide bonds. The van der Waals surface area contributed by atoms with E-state index in [-0.39, 0.29) is 17.1 Å². The molecule has 0 radical (unpaired) electrons.